The largest absolute Gasteiger partial charge is 0.494 e. The van der Waals surface area contributed by atoms with E-state index in [9.17, 15) is 0 Å². The first kappa shape index (κ1) is 12.4. The predicted octanol–water partition coefficient (Wildman–Crippen LogP) is 1.41. The van der Waals surface area contributed by atoms with Gasteiger partial charge in [-0.25, -0.2) is 0 Å². The molecular weight excluding hydrogens is 218 g/mol. The second-order valence-corrected chi connectivity index (χ2v) is 4.23. The zero-order valence-electron chi connectivity index (χ0n) is 10.3. The van der Waals surface area contributed by atoms with Gasteiger partial charge in [-0.05, 0) is 31.7 Å². The van der Waals surface area contributed by atoms with Gasteiger partial charge in [0, 0.05) is 6.54 Å². The molecule has 4 nitrogen and oxygen atoms in total. The molecule has 17 heavy (non-hydrogen) atoms. The molecule has 0 radical (unpaired) electrons. The first-order chi connectivity index (χ1) is 8.24. The summed E-state index contributed by atoms with van der Waals surface area (Å²) in [5.74, 6) is 0.871. The minimum absolute atomic E-state index is 0.0668. The molecule has 2 unspecified atom stereocenters. The number of aliphatic hydroxyl groups is 1. The topological polar surface area (TPSA) is 41.9 Å². The molecule has 1 heterocycles. The molecule has 2 atom stereocenters. The lowest BCUT2D eigenvalue weighted by Crippen LogP contribution is -2.20. The highest BCUT2D eigenvalue weighted by molar-refractivity contribution is 5.28. The van der Waals surface area contributed by atoms with Gasteiger partial charge in [-0.1, -0.05) is 12.1 Å². The van der Waals surface area contributed by atoms with E-state index in [1.54, 1.807) is 0 Å². The van der Waals surface area contributed by atoms with Crippen molar-refractivity contribution in [2.24, 2.45) is 0 Å². The Labute approximate surface area is 102 Å². The highest BCUT2D eigenvalue weighted by Gasteiger charge is 2.30. The molecule has 0 bridgehead atoms. The van der Waals surface area contributed by atoms with Crippen molar-refractivity contribution >= 4 is 0 Å². The van der Waals surface area contributed by atoms with Crippen LogP contribution in [0.3, 0.4) is 0 Å². The highest BCUT2D eigenvalue weighted by atomic mass is 16.5. The van der Waals surface area contributed by atoms with Crippen LogP contribution in [0.5, 0.6) is 5.75 Å². The molecule has 1 aromatic rings. The second kappa shape index (κ2) is 5.49. The van der Waals surface area contributed by atoms with Crippen molar-refractivity contribution in [2.75, 3.05) is 26.8 Å². The Kier molecular flexibility index (Phi) is 3.99. The molecule has 4 heteroatoms. The number of hydrogen-bond acceptors (Lipinski definition) is 4. The van der Waals surface area contributed by atoms with Crippen LogP contribution < -0.4 is 4.74 Å². The van der Waals surface area contributed by atoms with Crippen LogP contribution in [0.1, 0.15) is 18.7 Å². The lowest BCUT2D eigenvalue weighted by Gasteiger charge is -2.18. The summed E-state index contributed by atoms with van der Waals surface area (Å²) in [6.45, 7) is 3.46. The van der Waals surface area contributed by atoms with Crippen LogP contribution in [0.25, 0.3) is 0 Å². The van der Waals surface area contributed by atoms with Gasteiger partial charge in [0.15, 0.2) is 0 Å². The molecule has 0 saturated carbocycles. The summed E-state index contributed by atoms with van der Waals surface area (Å²) in [7, 11) is 2.00. The third-order valence-electron chi connectivity index (χ3n) is 2.89. The molecule has 1 N–H and O–H groups in total. The van der Waals surface area contributed by atoms with Crippen LogP contribution in [0.15, 0.2) is 24.3 Å². The number of rotatable bonds is 4. The Hall–Kier alpha value is -1.10. The zero-order chi connectivity index (χ0) is 12.3. The smallest absolute Gasteiger partial charge is 0.137 e. The molecule has 94 valence electrons. The monoisotopic (exact) mass is 237 g/mol. The summed E-state index contributed by atoms with van der Waals surface area (Å²) in [6.07, 6.45) is -0.153. The SMILES string of the molecule is CCOc1ccc(C2OC(CO)CN2C)cc1. The molecule has 0 amide bonds. The minimum atomic E-state index is -0.0865. The molecule has 1 aromatic carbocycles. The number of benzene rings is 1. The van der Waals surface area contributed by atoms with Gasteiger partial charge in [0.25, 0.3) is 0 Å². The van der Waals surface area contributed by atoms with E-state index in [4.69, 9.17) is 14.6 Å². The van der Waals surface area contributed by atoms with Crippen molar-refractivity contribution < 1.29 is 14.6 Å². The van der Waals surface area contributed by atoms with Gasteiger partial charge in [0.1, 0.15) is 12.0 Å². The second-order valence-electron chi connectivity index (χ2n) is 4.23. The van der Waals surface area contributed by atoms with Crippen LogP contribution in [0.2, 0.25) is 0 Å². The van der Waals surface area contributed by atoms with Gasteiger partial charge in [-0.15, -0.1) is 0 Å². The van der Waals surface area contributed by atoms with Gasteiger partial charge in [0.05, 0.1) is 19.3 Å². The molecule has 0 aliphatic carbocycles. The first-order valence-corrected chi connectivity index (χ1v) is 5.94. The lowest BCUT2D eigenvalue weighted by molar-refractivity contribution is -0.0139. The fourth-order valence-electron chi connectivity index (χ4n) is 2.08. The van der Waals surface area contributed by atoms with Crippen LogP contribution in [-0.2, 0) is 4.74 Å². The fraction of sp³-hybridized carbons (Fsp3) is 0.538. The third-order valence-corrected chi connectivity index (χ3v) is 2.89. The van der Waals surface area contributed by atoms with Gasteiger partial charge >= 0.3 is 0 Å². The molecule has 0 aromatic heterocycles. The summed E-state index contributed by atoms with van der Waals surface area (Å²) < 4.78 is 11.1. The van der Waals surface area contributed by atoms with E-state index in [0.29, 0.717) is 6.61 Å². The average Bonchev–Trinajstić information content (AvgIpc) is 2.72. The van der Waals surface area contributed by atoms with Crippen LogP contribution in [-0.4, -0.2) is 42.9 Å². The maximum atomic E-state index is 9.09. The van der Waals surface area contributed by atoms with Crippen LogP contribution in [0, 0.1) is 0 Å². The summed E-state index contributed by atoms with van der Waals surface area (Å²) in [4.78, 5) is 2.09. The van der Waals surface area contributed by atoms with Gasteiger partial charge in [0.2, 0.25) is 0 Å². The summed E-state index contributed by atoms with van der Waals surface area (Å²) >= 11 is 0. The van der Waals surface area contributed by atoms with E-state index in [0.717, 1.165) is 17.9 Å². The maximum absolute atomic E-state index is 9.09. The number of hydrogen-bond donors (Lipinski definition) is 1. The standard InChI is InChI=1S/C13H19NO3/c1-3-16-11-6-4-10(5-7-11)13-14(2)8-12(9-15)17-13/h4-7,12-13,15H,3,8-9H2,1-2H3. The molecule has 1 saturated heterocycles. The van der Waals surface area contributed by atoms with Gasteiger partial charge < -0.3 is 14.6 Å². The lowest BCUT2D eigenvalue weighted by atomic mass is 10.2. The fourth-order valence-corrected chi connectivity index (χ4v) is 2.08. The van der Waals surface area contributed by atoms with Gasteiger partial charge in [-0.3, -0.25) is 4.90 Å². The minimum Gasteiger partial charge on any atom is -0.494 e. The number of ether oxygens (including phenoxy) is 2. The van der Waals surface area contributed by atoms with Crippen molar-refractivity contribution in [1.82, 2.24) is 4.90 Å². The quantitative estimate of drug-likeness (QED) is 0.859. The van der Waals surface area contributed by atoms with E-state index in [2.05, 4.69) is 4.90 Å². The van der Waals surface area contributed by atoms with E-state index >= 15 is 0 Å². The Bertz CT molecular complexity index is 352. The zero-order valence-corrected chi connectivity index (χ0v) is 10.3. The van der Waals surface area contributed by atoms with Crippen molar-refractivity contribution in [3.63, 3.8) is 0 Å². The Morgan fingerprint density at radius 2 is 2.12 bits per heavy atom. The third kappa shape index (κ3) is 2.77. The molecule has 2 rings (SSSR count). The van der Waals surface area contributed by atoms with Crippen molar-refractivity contribution in [3.05, 3.63) is 29.8 Å². The Morgan fingerprint density at radius 1 is 1.41 bits per heavy atom. The van der Waals surface area contributed by atoms with Gasteiger partial charge in [-0.2, -0.15) is 0 Å². The summed E-state index contributed by atoms with van der Waals surface area (Å²) in [5.41, 5.74) is 1.09. The molecule has 1 aliphatic heterocycles. The van der Waals surface area contributed by atoms with Crippen LogP contribution >= 0.6 is 0 Å². The van der Waals surface area contributed by atoms with E-state index in [1.165, 1.54) is 0 Å². The Morgan fingerprint density at radius 3 is 2.65 bits per heavy atom. The first-order valence-electron chi connectivity index (χ1n) is 5.94. The number of nitrogens with zero attached hydrogens (tertiary/aromatic N) is 1. The van der Waals surface area contributed by atoms with Crippen molar-refractivity contribution in [1.29, 1.82) is 0 Å². The van der Waals surface area contributed by atoms with E-state index in [1.807, 2.05) is 38.2 Å². The van der Waals surface area contributed by atoms with Crippen molar-refractivity contribution in [3.8, 4) is 5.75 Å². The normalized spacial score (nSPS) is 25.1. The average molecular weight is 237 g/mol. The maximum Gasteiger partial charge on any atom is 0.137 e. The van der Waals surface area contributed by atoms with Crippen molar-refractivity contribution in [2.45, 2.75) is 19.3 Å². The number of likely N-dealkylation sites (N-methyl/N-ethyl adjacent to an activating group) is 1. The molecular formula is C13H19NO3. The predicted molar refractivity (Wildman–Crippen MR) is 64.9 cm³/mol. The highest BCUT2D eigenvalue weighted by Crippen LogP contribution is 2.29. The number of aliphatic hydroxyl groups excluding tert-OH is 1. The van der Waals surface area contributed by atoms with Crippen LogP contribution in [0.4, 0.5) is 0 Å². The molecule has 0 spiro atoms. The molecule has 1 aliphatic rings. The summed E-state index contributed by atoms with van der Waals surface area (Å²) in [5, 5.41) is 9.09. The summed E-state index contributed by atoms with van der Waals surface area (Å²) in [6, 6.07) is 7.91. The van der Waals surface area contributed by atoms with E-state index in [-0.39, 0.29) is 18.9 Å². The molecule has 1 fully saturated rings. The Balaban J connectivity index is 2.07. The van der Waals surface area contributed by atoms with E-state index < -0.39 is 0 Å².